The van der Waals surface area contributed by atoms with Crippen LogP contribution in [0.4, 0.5) is 0 Å². The Kier molecular flexibility index (Phi) is 3.58. The minimum Gasteiger partial charge on any atom is -0.328 e. The average molecular weight is 315 g/mol. The van der Waals surface area contributed by atoms with Gasteiger partial charge in [0.2, 0.25) is 0 Å². The summed E-state index contributed by atoms with van der Waals surface area (Å²) in [5.74, 6) is 0.0655. The highest BCUT2D eigenvalue weighted by molar-refractivity contribution is 5.97. The number of rotatable bonds is 3. The summed E-state index contributed by atoms with van der Waals surface area (Å²) in [5.41, 5.74) is 6.25. The van der Waals surface area contributed by atoms with Crippen molar-refractivity contribution in [3.8, 4) is 11.1 Å². The van der Waals surface area contributed by atoms with Crippen LogP contribution in [-0.2, 0) is 13.1 Å². The molecule has 3 aromatic rings. The molecule has 0 N–H and O–H groups in total. The maximum atomic E-state index is 12.5. The van der Waals surface area contributed by atoms with Gasteiger partial charge in [0.25, 0.3) is 5.91 Å². The van der Waals surface area contributed by atoms with Gasteiger partial charge >= 0.3 is 0 Å². The fraction of sp³-hybridized carbons (Fsp3) is 0.150. The van der Waals surface area contributed by atoms with Gasteiger partial charge < -0.3 is 4.90 Å². The normalized spacial score (nSPS) is 13.2. The van der Waals surface area contributed by atoms with Crippen molar-refractivity contribution in [1.29, 1.82) is 0 Å². The zero-order valence-corrected chi connectivity index (χ0v) is 13.4. The Morgan fingerprint density at radius 3 is 2.62 bits per heavy atom. The van der Waals surface area contributed by atoms with Gasteiger partial charge in [-0.2, -0.15) is 0 Å². The predicted molar refractivity (Wildman–Crippen MR) is 92.2 cm³/mol. The summed E-state index contributed by atoms with van der Waals surface area (Å²) in [6.45, 7) is 3.28. The van der Waals surface area contributed by atoms with Crippen LogP contribution in [0.3, 0.4) is 0 Å². The molecular formula is C20H17N3O. The Balaban J connectivity index is 1.57. The van der Waals surface area contributed by atoms with Crippen LogP contribution >= 0.6 is 0 Å². The quantitative estimate of drug-likeness (QED) is 0.742. The van der Waals surface area contributed by atoms with E-state index in [0.717, 1.165) is 27.9 Å². The number of amides is 1. The first-order chi connectivity index (χ1) is 11.7. The molecular weight excluding hydrogens is 298 g/mol. The highest BCUT2D eigenvalue weighted by Crippen LogP contribution is 2.26. The third kappa shape index (κ3) is 2.56. The number of hydrogen-bond acceptors (Lipinski definition) is 3. The molecule has 4 heteroatoms. The molecule has 0 saturated carbocycles. The van der Waals surface area contributed by atoms with E-state index < -0.39 is 0 Å². The number of nitrogens with zero attached hydrogens (tertiary/aromatic N) is 3. The van der Waals surface area contributed by atoms with Gasteiger partial charge in [-0.3, -0.25) is 14.8 Å². The second kappa shape index (κ2) is 5.89. The van der Waals surface area contributed by atoms with E-state index in [1.54, 1.807) is 18.6 Å². The number of pyridine rings is 2. The predicted octanol–water partition coefficient (Wildman–Crippen LogP) is 3.61. The van der Waals surface area contributed by atoms with Crippen molar-refractivity contribution in [1.82, 2.24) is 14.9 Å². The molecule has 0 radical (unpaired) electrons. The number of hydrogen-bond donors (Lipinski definition) is 0. The SMILES string of the molecule is Cc1cc(-c2ccncc2)ccc1CN1Cc2ncccc2C1=O. The van der Waals surface area contributed by atoms with E-state index in [1.807, 2.05) is 29.2 Å². The Hall–Kier alpha value is -3.01. The van der Waals surface area contributed by atoms with Crippen molar-refractivity contribution in [2.24, 2.45) is 0 Å². The minimum absolute atomic E-state index is 0.0655. The Bertz CT molecular complexity index is 906. The van der Waals surface area contributed by atoms with E-state index in [9.17, 15) is 4.79 Å². The van der Waals surface area contributed by atoms with Gasteiger partial charge in [-0.05, 0) is 53.4 Å². The van der Waals surface area contributed by atoms with Gasteiger partial charge in [0, 0.05) is 25.1 Å². The van der Waals surface area contributed by atoms with E-state index in [2.05, 4.69) is 35.1 Å². The number of aromatic nitrogens is 2. The van der Waals surface area contributed by atoms with E-state index in [4.69, 9.17) is 0 Å². The molecule has 1 amide bonds. The van der Waals surface area contributed by atoms with E-state index >= 15 is 0 Å². The molecule has 0 unspecified atom stereocenters. The largest absolute Gasteiger partial charge is 0.328 e. The molecule has 0 saturated heterocycles. The summed E-state index contributed by atoms with van der Waals surface area (Å²) in [4.78, 5) is 22.7. The monoisotopic (exact) mass is 315 g/mol. The summed E-state index contributed by atoms with van der Waals surface area (Å²) in [7, 11) is 0. The Labute approximate surface area is 140 Å². The van der Waals surface area contributed by atoms with Crippen LogP contribution in [0.2, 0.25) is 0 Å². The maximum absolute atomic E-state index is 12.5. The summed E-state index contributed by atoms with van der Waals surface area (Å²) in [6.07, 6.45) is 5.34. The molecule has 0 aliphatic carbocycles. The lowest BCUT2D eigenvalue weighted by Crippen LogP contribution is -2.23. The van der Waals surface area contributed by atoms with Crippen molar-refractivity contribution in [2.75, 3.05) is 0 Å². The fourth-order valence-corrected chi connectivity index (χ4v) is 3.11. The van der Waals surface area contributed by atoms with Gasteiger partial charge in [0.15, 0.2) is 0 Å². The molecule has 4 nitrogen and oxygen atoms in total. The number of carbonyl (C=O) groups excluding carboxylic acids is 1. The number of carbonyl (C=O) groups is 1. The summed E-state index contributed by atoms with van der Waals surface area (Å²) in [6, 6.07) is 14.0. The molecule has 1 aromatic carbocycles. The Morgan fingerprint density at radius 2 is 1.88 bits per heavy atom. The van der Waals surface area contributed by atoms with Crippen molar-refractivity contribution in [2.45, 2.75) is 20.0 Å². The smallest absolute Gasteiger partial charge is 0.256 e. The fourth-order valence-electron chi connectivity index (χ4n) is 3.11. The van der Waals surface area contributed by atoms with Crippen molar-refractivity contribution in [3.63, 3.8) is 0 Å². The molecule has 3 heterocycles. The van der Waals surface area contributed by atoms with Crippen LogP contribution in [0, 0.1) is 6.92 Å². The van der Waals surface area contributed by atoms with Crippen LogP contribution in [-0.4, -0.2) is 20.8 Å². The number of benzene rings is 1. The summed E-state index contributed by atoms with van der Waals surface area (Å²) >= 11 is 0. The van der Waals surface area contributed by atoms with E-state index in [1.165, 1.54) is 5.56 Å². The summed E-state index contributed by atoms with van der Waals surface area (Å²) in [5, 5.41) is 0. The van der Waals surface area contributed by atoms with Crippen LogP contribution in [0.25, 0.3) is 11.1 Å². The molecule has 24 heavy (non-hydrogen) atoms. The Morgan fingerprint density at radius 1 is 1.04 bits per heavy atom. The highest BCUT2D eigenvalue weighted by atomic mass is 16.2. The van der Waals surface area contributed by atoms with Gasteiger partial charge in [-0.25, -0.2) is 0 Å². The van der Waals surface area contributed by atoms with Gasteiger partial charge in [0.05, 0.1) is 17.8 Å². The minimum atomic E-state index is 0.0655. The third-order valence-corrected chi connectivity index (χ3v) is 4.47. The van der Waals surface area contributed by atoms with Gasteiger partial charge in [0.1, 0.15) is 0 Å². The van der Waals surface area contributed by atoms with Crippen LogP contribution < -0.4 is 0 Å². The second-order valence-electron chi connectivity index (χ2n) is 6.04. The van der Waals surface area contributed by atoms with Crippen molar-refractivity contribution in [3.05, 3.63) is 83.4 Å². The first kappa shape index (κ1) is 14.6. The van der Waals surface area contributed by atoms with Crippen molar-refractivity contribution < 1.29 is 4.79 Å². The average Bonchev–Trinajstić information content (AvgIpc) is 2.94. The first-order valence-corrected chi connectivity index (χ1v) is 7.95. The van der Waals surface area contributed by atoms with Crippen LogP contribution in [0.1, 0.15) is 27.2 Å². The second-order valence-corrected chi connectivity index (χ2v) is 6.04. The first-order valence-electron chi connectivity index (χ1n) is 7.95. The zero-order valence-electron chi connectivity index (χ0n) is 13.4. The molecule has 2 aromatic heterocycles. The molecule has 0 bridgehead atoms. The topological polar surface area (TPSA) is 46.1 Å². The summed E-state index contributed by atoms with van der Waals surface area (Å²) < 4.78 is 0. The van der Waals surface area contributed by atoms with Gasteiger partial charge in [-0.1, -0.05) is 18.2 Å². The molecule has 0 fully saturated rings. The van der Waals surface area contributed by atoms with Crippen LogP contribution in [0.15, 0.2) is 61.1 Å². The molecule has 4 rings (SSSR count). The third-order valence-electron chi connectivity index (χ3n) is 4.47. The lowest BCUT2D eigenvalue weighted by Gasteiger charge is -2.17. The maximum Gasteiger partial charge on any atom is 0.256 e. The lowest BCUT2D eigenvalue weighted by atomic mass is 10.0. The standard InChI is InChI=1S/C20H17N3O/c1-14-11-16(15-6-9-21-10-7-15)4-5-17(14)12-23-13-19-18(20(23)24)3-2-8-22-19/h2-11H,12-13H2,1H3. The van der Waals surface area contributed by atoms with Crippen molar-refractivity contribution >= 4 is 5.91 Å². The molecule has 0 atom stereocenters. The van der Waals surface area contributed by atoms with Crippen LogP contribution in [0.5, 0.6) is 0 Å². The molecule has 1 aliphatic heterocycles. The van der Waals surface area contributed by atoms with E-state index in [-0.39, 0.29) is 5.91 Å². The van der Waals surface area contributed by atoms with Gasteiger partial charge in [-0.15, -0.1) is 0 Å². The molecule has 1 aliphatic rings. The molecule has 118 valence electrons. The zero-order chi connectivity index (χ0) is 16.5. The highest BCUT2D eigenvalue weighted by Gasteiger charge is 2.28. The lowest BCUT2D eigenvalue weighted by molar-refractivity contribution is 0.0766. The number of fused-ring (bicyclic) bond motifs is 1. The van der Waals surface area contributed by atoms with E-state index in [0.29, 0.717) is 13.1 Å². The number of aryl methyl sites for hydroxylation is 1. The molecule has 0 spiro atoms.